The smallest absolute Gasteiger partial charge is 0.455 e. The third kappa shape index (κ3) is 10.8. The fourth-order valence-corrected chi connectivity index (χ4v) is 5.68. The number of carbonyl (C=O) groups is 2. The number of benzene rings is 1. The minimum absolute atomic E-state index is 0.0217. The Morgan fingerprint density at radius 2 is 1.85 bits per heavy atom. The Balaban J connectivity index is 2.23. The maximum Gasteiger partial charge on any atom is 0.524 e. The van der Waals surface area contributed by atoms with Crippen molar-refractivity contribution in [2.45, 2.75) is 72.1 Å². The van der Waals surface area contributed by atoms with Crippen molar-refractivity contribution in [1.82, 2.24) is 15.4 Å². The predicted octanol–water partition coefficient (Wildman–Crippen LogP) is 4.38. The molecule has 14 heteroatoms. The van der Waals surface area contributed by atoms with E-state index in [0.717, 1.165) is 10.6 Å². The van der Waals surface area contributed by atoms with Crippen LogP contribution in [0.3, 0.4) is 0 Å². The fourth-order valence-electron chi connectivity index (χ4n) is 4.43. The summed E-state index contributed by atoms with van der Waals surface area (Å²) < 4.78 is 21.5. The van der Waals surface area contributed by atoms with Gasteiger partial charge in [-0.25, -0.2) is 9.55 Å². The molecular weight excluding hydrogens is 559 g/mol. The molecule has 0 fully saturated rings. The van der Waals surface area contributed by atoms with Crippen LogP contribution in [-0.4, -0.2) is 63.1 Å². The Bertz CT molecular complexity index is 1180. The molecule has 1 heterocycles. The van der Waals surface area contributed by atoms with Crippen LogP contribution in [0.25, 0.3) is 0 Å². The summed E-state index contributed by atoms with van der Waals surface area (Å²) in [5.74, 6) is -0.481. The Morgan fingerprint density at radius 1 is 1.18 bits per heavy atom. The molecule has 1 amide bonds. The summed E-state index contributed by atoms with van der Waals surface area (Å²) >= 11 is 1.21. The molecule has 0 aliphatic heterocycles. The number of phosphoric ester groups is 1. The monoisotopic (exact) mass is 600 g/mol. The zero-order chi connectivity index (χ0) is 30.2. The molecule has 40 heavy (non-hydrogen) atoms. The number of nitrogens with one attached hydrogen (secondary N) is 2. The number of amides is 1. The first-order valence-corrected chi connectivity index (χ1v) is 15.4. The van der Waals surface area contributed by atoms with Crippen LogP contribution < -0.4 is 15.2 Å². The molecule has 0 aliphatic rings. The van der Waals surface area contributed by atoms with Gasteiger partial charge in [0.2, 0.25) is 0 Å². The molecule has 2 rings (SSSR count). The maximum atomic E-state index is 13.2. The van der Waals surface area contributed by atoms with Crippen molar-refractivity contribution in [1.29, 1.82) is 0 Å². The summed E-state index contributed by atoms with van der Waals surface area (Å²) in [6.45, 7) is 9.31. The van der Waals surface area contributed by atoms with E-state index in [1.807, 2.05) is 27.7 Å². The lowest BCUT2D eigenvalue weighted by molar-refractivity contribution is -0.154. The van der Waals surface area contributed by atoms with Crippen LogP contribution in [-0.2, 0) is 20.5 Å². The lowest BCUT2D eigenvalue weighted by Crippen LogP contribution is -2.37. The molecule has 5 N–H and O–H groups in total. The highest BCUT2D eigenvalue weighted by atomic mass is 32.1. The second-order valence-corrected chi connectivity index (χ2v) is 12.5. The zero-order valence-corrected chi connectivity index (χ0v) is 25.7. The van der Waals surface area contributed by atoms with Crippen LogP contribution >= 0.6 is 19.2 Å². The number of nitrogens with zero attached hydrogens (tertiary/aromatic N) is 2. The molecule has 12 nitrogen and oxygen atoms in total. The number of phosphoric acid groups is 1. The Labute approximate surface area is 239 Å². The summed E-state index contributed by atoms with van der Waals surface area (Å²) in [6.07, 6.45) is 0.727. The normalized spacial score (nSPS) is 14.2. The van der Waals surface area contributed by atoms with E-state index in [9.17, 15) is 19.4 Å². The summed E-state index contributed by atoms with van der Waals surface area (Å²) in [6, 6.07) is 4.35. The average Bonchev–Trinajstić information content (AvgIpc) is 3.31. The van der Waals surface area contributed by atoms with Gasteiger partial charge < -0.3 is 25.1 Å². The lowest BCUT2D eigenvalue weighted by Gasteiger charge is -2.29. The van der Waals surface area contributed by atoms with Crippen molar-refractivity contribution in [3.05, 3.63) is 39.8 Å². The number of hydroxylamine groups is 2. The van der Waals surface area contributed by atoms with Crippen LogP contribution in [0, 0.1) is 11.8 Å². The summed E-state index contributed by atoms with van der Waals surface area (Å²) in [5, 5.41) is 19.2. The highest BCUT2D eigenvalue weighted by Crippen LogP contribution is 2.41. The van der Waals surface area contributed by atoms with Crippen molar-refractivity contribution in [2.75, 3.05) is 19.4 Å². The van der Waals surface area contributed by atoms with E-state index in [1.165, 1.54) is 24.3 Å². The van der Waals surface area contributed by atoms with Gasteiger partial charge in [-0.1, -0.05) is 33.8 Å². The van der Waals surface area contributed by atoms with Crippen LogP contribution in [0.4, 0.5) is 5.69 Å². The first kappa shape index (κ1) is 33.7. The third-order valence-electron chi connectivity index (χ3n) is 6.15. The number of hydrogen-bond acceptors (Lipinski definition) is 10. The number of rotatable bonds is 15. The van der Waals surface area contributed by atoms with Gasteiger partial charge in [0.05, 0.1) is 5.69 Å². The van der Waals surface area contributed by atoms with E-state index in [4.69, 9.17) is 19.0 Å². The largest absolute Gasteiger partial charge is 0.524 e. The summed E-state index contributed by atoms with van der Waals surface area (Å²) in [5.41, 5.74) is 1.44. The molecule has 0 aliphatic carbocycles. The number of carbonyl (C=O) groups excluding carboxylic acids is 2. The zero-order valence-electron chi connectivity index (χ0n) is 24.0. The van der Waals surface area contributed by atoms with Crippen LogP contribution in [0.15, 0.2) is 23.6 Å². The standard InChI is InChI=1S/C26H41N4O8PS/c1-15(2)10-19(11-18-8-9-23(20(12-18)27-6)38-39(34,35)36)28-25(32)21-14-40-26(29-21)24(37-17(5)31)13-22(16(3)4)30(7)33/h8-9,12,14-16,19,22,24,27,33H,10-11,13H2,1-7H3,(H,28,32)(H2,34,35,36)/t19-,22?,24-/m1/s1. The van der Waals surface area contributed by atoms with E-state index in [0.29, 0.717) is 30.0 Å². The average molecular weight is 601 g/mol. The van der Waals surface area contributed by atoms with Gasteiger partial charge in [-0.05, 0) is 42.4 Å². The van der Waals surface area contributed by atoms with E-state index in [2.05, 4.69) is 15.6 Å². The predicted molar refractivity (Wildman–Crippen MR) is 152 cm³/mol. The number of thiazole rings is 1. The van der Waals surface area contributed by atoms with Gasteiger partial charge in [0.15, 0.2) is 11.9 Å². The number of ether oxygens (including phenoxy) is 1. The van der Waals surface area contributed by atoms with Crippen molar-refractivity contribution < 1.29 is 38.4 Å². The molecule has 2 aromatic rings. The molecule has 1 aromatic heterocycles. The summed E-state index contributed by atoms with van der Waals surface area (Å²) in [4.78, 5) is 47.8. The van der Waals surface area contributed by atoms with Gasteiger partial charge in [0, 0.05) is 44.9 Å². The second kappa shape index (κ2) is 14.9. The van der Waals surface area contributed by atoms with Gasteiger partial charge in [-0.15, -0.1) is 11.3 Å². The highest BCUT2D eigenvalue weighted by Gasteiger charge is 2.29. The van der Waals surface area contributed by atoms with Crippen molar-refractivity contribution >= 4 is 36.7 Å². The molecule has 0 saturated carbocycles. The van der Waals surface area contributed by atoms with Crippen molar-refractivity contribution in [3.8, 4) is 5.75 Å². The number of anilines is 1. The molecule has 0 bridgehead atoms. The van der Waals surface area contributed by atoms with E-state index < -0.39 is 19.9 Å². The number of aromatic nitrogens is 1. The summed E-state index contributed by atoms with van der Waals surface area (Å²) in [7, 11) is -1.56. The first-order chi connectivity index (χ1) is 18.6. The molecule has 224 valence electrons. The topological polar surface area (TPSA) is 171 Å². The highest BCUT2D eigenvalue weighted by molar-refractivity contribution is 7.46. The number of hydrogen-bond donors (Lipinski definition) is 5. The van der Waals surface area contributed by atoms with Crippen LogP contribution in [0.1, 0.15) is 74.6 Å². The quantitative estimate of drug-likeness (QED) is 0.112. The van der Waals surface area contributed by atoms with E-state index in [-0.39, 0.29) is 41.3 Å². The van der Waals surface area contributed by atoms with Crippen molar-refractivity contribution in [2.24, 2.45) is 11.8 Å². The molecule has 0 spiro atoms. The molecule has 0 radical (unpaired) electrons. The van der Waals surface area contributed by atoms with Gasteiger partial charge >= 0.3 is 13.8 Å². The van der Waals surface area contributed by atoms with Gasteiger partial charge in [0.1, 0.15) is 10.7 Å². The third-order valence-corrected chi connectivity index (χ3v) is 7.52. The Morgan fingerprint density at radius 3 is 2.38 bits per heavy atom. The molecule has 0 saturated heterocycles. The van der Waals surface area contributed by atoms with Crippen LogP contribution in [0.5, 0.6) is 5.75 Å². The Hall–Kier alpha value is -2.54. The fraction of sp³-hybridized carbons (Fsp3) is 0.577. The van der Waals surface area contributed by atoms with E-state index >= 15 is 0 Å². The van der Waals surface area contributed by atoms with E-state index in [1.54, 1.807) is 31.6 Å². The number of esters is 1. The van der Waals surface area contributed by atoms with Crippen molar-refractivity contribution in [3.63, 3.8) is 0 Å². The second-order valence-electron chi connectivity index (χ2n) is 10.5. The van der Waals surface area contributed by atoms with Crippen LogP contribution in [0.2, 0.25) is 0 Å². The van der Waals surface area contributed by atoms with Gasteiger partial charge in [-0.2, -0.15) is 5.06 Å². The Kier molecular flexibility index (Phi) is 12.5. The molecule has 1 unspecified atom stereocenters. The lowest BCUT2D eigenvalue weighted by atomic mass is 9.96. The minimum atomic E-state index is -4.72. The molecule has 1 aromatic carbocycles. The first-order valence-electron chi connectivity index (χ1n) is 13.0. The van der Waals surface area contributed by atoms with Gasteiger partial charge in [-0.3, -0.25) is 19.4 Å². The molecular formula is C26H41N4O8PS. The minimum Gasteiger partial charge on any atom is -0.455 e. The van der Waals surface area contributed by atoms with Gasteiger partial charge in [0.25, 0.3) is 5.91 Å². The maximum absolute atomic E-state index is 13.2. The molecule has 3 atom stereocenters. The SMILES string of the molecule is CNc1cc(C[C@@H](CC(C)C)NC(=O)c2csc([C@@H](CC(C(C)C)N(C)O)OC(C)=O)n2)ccc1OP(=O)(O)O.